The largest absolute Gasteiger partial charge is 0.417 e. The molecule has 0 unspecified atom stereocenters. The number of nitrogens with zero attached hydrogens (tertiary/aromatic N) is 1. The van der Waals surface area contributed by atoms with Crippen molar-refractivity contribution in [1.29, 1.82) is 0 Å². The number of aromatic nitrogens is 1. The second kappa shape index (κ2) is 5.13. The number of rotatable bonds is 2. The van der Waals surface area contributed by atoms with Gasteiger partial charge >= 0.3 is 6.18 Å². The Hall–Kier alpha value is -1.69. The zero-order valence-corrected chi connectivity index (χ0v) is 11.0. The van der Waals surface area contributed by atoms with Gasteiger partial charge in [-0.3, -0.25) is 9.78 Å². The Morgan fingerprint density at radius 1 is 1.11 bits per heavy atom. The second-order valence-electron chi connectivity index (χ2n) is 3.71. The van der Waals surface area contributed by atoms with Crippen molar-refractivity contribution >= 4 is 21.7 Å². The van der Waals surface area contributed by atoms with Gasteiger partial charge < -0.3 is 0 Å². The Labute approximate surface area is 115 Å². The van der Waals surface area contributed by atoms with Gasteiger partial charge in [-0.1, -0.05) is 12.1 Å². The Balaban J connectivity index is 2.50. The highest BCUT2D eigenvalue weighted by Gasteiger charge is 2.34. The second-order valence-corrected chi connectivity index (χ2v) is 4.50. The van der Waals surface area contributed by atoms with Crippen LogP contribution in [-0.2, 0) is 6.18 Å². The first-order chi connectivity index (χ1) is 8.91. The van der Waals surface area contributed by atoms with Gasteiger partial charge in [0, 0.05) is 16.2 Å². The lowest BCUT2D eigenvalue weighted by Crippen LogP contribution is -2.11. The fourth-order valence-electron chi connectivity index (χ4n) is 1.56. The molecule has 0 N–H and O–H groups in total. The molecule has 0 aliphatic heterocycles. The molecule has 0 atom stereocenters. The van der Waals surface area contributed by atoms with Gasteiger partial charge in [-0.2, -0.15) is 13.2 Å². The van der Waals surface area contributed by atoms with Gasteiger partial charge in [0.1, 0.15) is 5.69 Å². The van der Waals surface area contributed by atoms with Crippen LogP contribution in [0.2, 0.25) is 0 Å². The van der Waals surface area contributed by atoms with E-state index >= 15 is 0 Å². The summed E-state index contributed by atoms with van der Waals surface area (Å²) in [5.74, 6) is -0.557. The summed E-state index contributed by atoms with van der Waals surface area (Å²) >= 11 is 2.85. The van der Waals surface area contributed by atoms with Gasteiger partial charge in [0.25, 0.3) is 0 Å². The third-order valence-corrected chi connectivity index (χ3v) is 3.30. The lowest BCUT2D eigenvalue weighted by atomic mass is 10.0. The Kier molecular flexibility index (Phi) is 3.71. The van der Waals surface area contributed by atoms with Crippen LogP contribution in [0.5, 0.6) is 0 Å². The van der Waals surface area contributed by atoms with Crippen LogP contribution in [-0.4, -0.2) is 10.8 Å². The zero-order chi connectivity index (χ0) is 14.0. The fraction of sp³-hybridized carbons (Fsp3) is 0.0769. The number of carbonyl (C=O) groups excluding carboxylic acids is 1. The van der Waals surface area contributed by atoms with E-state index < -0.39 is 17.5 Å². The summed E-state index contributed by atoms with van der Waals surface area (Å²) in [5.41, 5.74) is -0.842. The van der Waals surface area contributed by atoms with Crippen LogP contribution in [0.4, 0.5) is 13.2 Å². The van der Waals surface area contributed by atoms with Crippen molar-refractivity contribution in [2.45, 2.75) is 6.18 Å². The van der Waals surface area contributed by atoms with Gasteiger partial charge in [-0.05, 0) is 40.2 Å². The maximum atomic E-state index is 12.7. The maximum absolute atomic E-state index is 12.7. The highest BCUT2D eigenvalue weighted by Crippen LogP contribution is 2.36. The molecule has 0 aliphatic rings. The van der Waals surface area contributed by atoms with Crippen molar-refractivity contribution in [1.82, 2.24) is 4.98 Å². The number of halogens is 4. The SMILES string of the molecule is O=C(c1ccccn1)c1cccc(C(F)(F)F)c1Br. The predicted molar refractivity (Wildman–Crippen MR) is 66.8 cm³/mol. The van der Waals surface area contributed by atoms with Crippen LogP contribution >= 0.6 is 15.9 Å². The molecule has 98 valence electrons. The first-order valence-corrected chi connectivity index (χ1v) is 6.02. The molecule has 2 rings (SSSR count). The number of hydrogen-bond donors (Lipinski definition) is 0. The van der Waals surface area contributed by atoms with Gasteiger partial charge in [0.15, 0.2) is 0 Å². The minimum absolute atomic E-state index is 0.0616. The van der Waals surface area contributed by atoms with Crippen LogP contribution in [0, 0.1) is 0 Å². The number of hydrogen-bond acceptors (Lipinski definition) is 2. The zero-order valence-electron chi connectivity index (χ0n) is 9.41. The van der Waals surface area contributed by atoms with E-state index in [1.54, 1.807) is 12.1 Å². The molecular formula is C13H7BrF3NO. The van der Waals surface area contributed by atoms with E-state index in [1.165, 1.54) is 24.4 Å². The molecule has 19 heavy (non-hydrogen) atoms. The Morgan fingerprint density at radius 3 is 2.42 bits per heavy atom. The molecule has 2 nitrogen and oxygen atoms in total. The lowest BCUT2D eigenvalue weighted by molar-refractivity contribution is -0.138. The molecule has 0 radical (unpaired) electrons. The summed E-state index contributed by atoms with van der Waals surface area (Å²) < 4.78 is 37.9. The normalized spacial score (nSPS) is 11.4. The molecule has 1 aromatic heterocycles. The number of ketones is 1. The minimum Gasteiger partial charge on any atom is -0.287 e. The smallest absolute Gasteiger partial charge is 0.287 e. The molecule has 0 amide bonds. The molecule has 0 saturated carbocycles. The minimum atomic E-state index is -4.51. The molecule has 0 saturated heterocycles. The molecular weight excluding hydrogens is 323 g/mol. The average Bonchev–Trinajstić information content (AvgIpc) is 2.38. The van der Waals surface area contributed by atoms with Gasteiger partial charge in [-0.25, -0.2) is 0 Å². The van der Waals surface area contributed by atoms with E-state index in [0.717, 1.165) is 6.07 Å². The monoisotopic (exact) mass is 329 g/mol. The molecule has 1 heterocycles. The maximum Gasteiger partial charge on any atom is 0.417 e. The van der Waals surface area contributed by atoms with Crippen molar-refractivity contribution in [2.24, 2.45) is 0 Å². The molecule has 0 aliphatic carbocycles. The molecule has 0 spiro atoms. The highest BCUT2D eigenvalue weighted by molar-refractivity contribution is 9.10. The topological polar surface area (TPSA) is 30.0 Å². The van der Waals surface area contributed by atoms with E-state index in [1.807, 2.05) is 0 Å². The van der Waals surface area contributed by atoms with Crippen LogP contribution in [0.15, 0.2) is 47.1 Å². The van der Waals surface area contributed by atoms with Crippen LogP contribution in [0.25, 0.3) is 0 Å². The number of benzene rings is 1. The molecule has 2 aromatic rings. The van der Waals surface area contributed by atoms with E-state index in [9.17, 15) is 18.0 Å². The standard InChI is InChI=1S/C13H7BrF3NO/c14-11-8(4-3-5-9(11)13(15,16)17)12(19)10-6-1-2-7-18-10/h1-7H. The summed E-state index contributed by atoms with van der Waals surface area (Å²) in [5, 5.41) is 0. The molecule has 0 fully saturated rings. The van der Waals surface area contributed by atoms with Crippen molar-refractivity contribution in [3.8, 4) is 0 Å². The van der Waals surface area contributed by atoms with Gasteiger partial charge in [0.05, 0.1) is 5.56 Å². The highest BCUT2D eigenvalue weighted by atomic mass is 79.9. The van der Waals surface area contributed by atoms with Crippen molar-refractivity contribution < 1.29 is 18.0 Å². The van der Waals surface area contributed by atoms with E-state index in [2.05, 4.69) is 20.9 Å². The van der Waals surface area contributed by atoms with E-state index in [4.69, 9.17) is 0 Å². The number of carbonyl (C=O) groups is 1. The third-order valence-electron chi connectivity index (χ3n) is 2.45. The summed E-state index contributed by atoms with van der Waals surface area (Å²) in [4.78, 5) is 15.9. The number of pyridine rings is 1. The molecule has 6 heteroatoms. The lowest BCUT2D eigenvalue weighted by Gasteiger charge is -2.11. The fourth-order valence-corrected chi connectivity index (χ4v) is 2.23. The molecule has 0 bridgehead atoms. The summed E-state index contributed by atoms with van der Waals surface area (Å²) in [7, 11) is 0. The first kappa shape index (κ1) is 13.7. The summed E-state index contributed by atoms with van der Waals surface area (Å²) in [6.07, 6.45) is -3.10. The van der Waals surface area contributed by atoms with Crippen LogP contribution in [0.3, 0.4) is 0 Å². The van der Waals surface area contributed by atoms with Crippen LogP contribution in [0.1, 0.15) is 21.6 Å². The third kappa shape index (κ3) is 2.84. The summed E-state index contributed by atoms with van der Waals surface area (Å²) in [6, 6.07) is 8.12. The average molecular weight is 330 g/mol. The predicted octanol–water partition coefficient (Wildman–Crippen LogP) is 4.09. The van der Waals surface area contributed by atoms with Crippen LogP contribution < -0.4 is 0 Å². The van der Waals surface area contributed by atoms with Gasteiger partial charge in [0.2, 0.25) is 5.78 Å². The van der Waals surface area contributed by atoms with E-state index in [-0.39, 0.29) is 15.7 Å². The van der Waals surface area contributed by atoms with Crippen molar-refractivity contribution in [3.05, 3.63) is 63.9 Å². The van der Waals surface area contributed by atoms with Gasteiger partial charge in [-0.15, -0.1) is 0 Å². The summed E-state index contributed by atoms with van der Waals surface area (Å²) in [6.45, 7) is 0. The number of alkyl halides is 3. The quantitative estimate of drug-likeness (QED) is 0.776. The van der Waals surface area contributed by atoms with Crippen molar-refractivity contribution in [2.75, 3.05) is 0 Å². The Bertz CT molecular complexity index is 611. The first-order valence-electron chi connectivity index (χ1n) is 5.22. The van der Waals surface area contributed by atoms with E-state index in [0.29, 0.717) is 0 Å². The molecule has 1 aromatic carbocycles. The van der Waals surface area contributed by atoms with Crippen molar-refractivity contribution in [3.63, 3.8) is 0 Å². The Morgan fingerprint density at radius 2 is 1.84 bits per heavy atom.